The third-order valence-electron chi connectivity index (χ3n) is 3.97. The number of hydrogen-bond donors (Lipinski definition) is 4. The predicted molar refractivity (Wildman–Crippen MR) is 102 cm³/mol. The summed E-state index contributed by atoms with van der Waals surface area (Å²) in [7, 11) is 0. The molecule has 2 aliphatic heterocycles. The van der Waals surface area contributed by atoms with Gasteiger partial charge in [0.1, 0.15) is 18.0 Å². The lowest BCUT2D eigenvalue weighted by molar-refractivity contribution is -0.384. The molecule has 11 nitrogen and oxygen atoms in total. The second kappa shape index (κ2) is 7.64. The lowest BCUT2D eigenvalue weighted by Crippen LogP contribution is -2.20. The van der Waals surface area contributed by atoms with Gasteiger partial charge in [0.15, 0.2) is 0 Å². The normalized spacial score (nSPS) is 13.8. The summed E-state index contributed by atoms with van der Waals surface area (Å²) in [5.74, 6) is 0.569. The van der Waals surface area contributed by atoms with E-state index < -0.39 is 9.85 Å². The predicted octanol–water partition coefficient (Wildman–Crippen LogP) is 2.41. The minimum absolute atomic E-state index is 0.0956. The topological polar surface area (TPSA) is 158 Å². The zero-order valence-electron chi connectivity index (χ0n) is 14.2. The maximum absolute atomic E-state index is 10.6. The highest BCUT2D eigenvalue weighted by Crippen LogP contribution is 2.35. The van der Waals surface area contributed by atoms with Gasteiger partial charge in [0.05, 0.1) is 26.9 Å². The fourth-order valence-electron chi connectivity index (χ4n) is 2.69. The number of nitrogens with two attached hydrogens (primary N) is 1. The zero-order valence-corrected chi connectivity index (χ0v) is 14.2. The summed E-state index contributed by atoms with van der Waals surface area (Å²) < 4.78 is 5.27. The molecule has 0 fully saturated rings. The van der Waals surface area contributed by atoms with Gasteiger partial charge in [-0.3, -0.25) is 20.2 Å². The van der Waals surface area contributed by atoms with Gasteiger partial charge < -0.3 is 26.4 Å². The van der Waals surface area contributed by atoms with Crippen molar-refractivity contribution in [2.24, 2.45) is 0 Å². The summed E-state index contributed by atoms with van der Waals surface area (Å²) in [5.41, 5.74) is 8.00. The summed E-state index contributed by atoms with van der Waals surface area (Å²) >= 11 is 0. The summed E-state index contributed by atoms with van der Waals surface area (Å²) in [6.45, 7) is 2.84. The van der Waals surface area contributed by atoms with Gasteiger partial charge in [-0.25, -0.2) is 0 Å². The zero-order chi connectivity index (χ0) is 19.4. The fraction of sp³-hybridized carbons (Fsp3) is 0.250. The van der Waals surface area contributed by atoms with Crippen molar-refractivity contribution in [3.05, 3.63) is 50.6 Å². The molecule has 0 unspecified atom stereocenters. The summed E-state index contributed by atoms with van der Waals surface area (Å²) in [4.78, 5) is 20.1. The van der Waals surface area contributed by atoms with Crippen LogP contribution >= 0.6 is 0 Å². The molecule has 0 saturated heterocycles. The van der Waals surface area contributed by atoms with E-state index in [4.69, 9.17) is 10.5 Å². The highest BCUT2D eigenvalue weighted by atomic mass is 16.6. The van der Waals surface area contributed by atoms with Crippen molar-refractivity contribution in [1.29, 1.82) is 0 Å². The molecule has 2 heterocycles. The average Bonchev–Trinajstić information content (AvgIpc) is 2.67. The maximum Gasteiger partial charge on any atom is 0.294 e. The van der Waals surface area contributed by atoms with Crippen molar-refractivity contribution in [2.75, 3.05) is 47.9 Å². The number of anilines is 4. The molecule has 2 aromatic rings. The molecule has 0 aromatic heterocycles. The van der Waals surface area contributed by atoms with Crippen LogP contribution in [0.5, 0.6) is 5.75 Å². The van der Waals surface area contributed by atoms with E-state index in [0.29, 0.717) is 24.6 Å². The van der Waals surface area contributed by atoms with Crippen molar-refractivity contribution < 1.29 is 14.6 Å². The molecule has 0 saturated carbocycles. The number of hydrogen-bond acceptors (Lipinski definition) is 9. The molecular weight excluding hydrogens is 356 g/mol. The number of rotatable bonds is 2. The summed E-state index contributed by atoms with van der Waals surface area (Å²) in [5, 5.41) is 30.2. The Balaban J connectivity index is 0.000000156. The van der Waals surface area contributed by atoms with Gasteiger partial charge in [0, 0.05) is 43.9 Å². The number of non-ortho nitro benzene ring substituents is 1. The van der Waals surface area contributed by atoms with E-state index in [1.165, 1.54) is 18.2 Å². The van der Waals surface area contributed by atoms with Crippen molar-refractivity contribution in [2.45, 2.75) is 0 Å². The first kappa shape index (κ1) is 18.0. The Morgan fingerprint density at radius 2 is 1.59 bits per heavy atom. The Kier molecular flexibility index (Phi) is 5.11. The van der Waals surface area contributed by atoms with E-state index in [0.717, 1.165) is 24.5 Å². The van der Waals surface area contributed by atoms with Gasteiger partial charge in [0.2, 0.25) is 0 Å². The third kappa shape index (κ3) is 4.08. The molecule has 11 heteroatoms. The van der Waals surface area contributed by atoms with Crippen LogP contribution in [-0.4, -0.2) is 36.1 Å². The van der Waals surface area contributed by atoms with Gasteiger partial charge in [-0.15, -0.1) is 0 Å². The Hall–Kier alpha value is -3.76. The van der Waals surface area contributed by atoms with Gasteiger partial charge in [-0.1, -0.05) is 0 Å². The highest BCUT2D eigenvalue weighted by molar-refractivity contribution is 5.74. The number of nitrogens with one attached hydrogen (secondary N) is 3. The quantitative estimate of drug-likeness (QED) is 0.352. The van der Waals surface area contributed by atoms with E-state index in [1.807, 2.05) is 0 Å². The lowest BCUT2D eigenvalue weighted by atomic mass is 10.2. The van der Waals surface area contributed by atoms with Crippen molar-refractivity contribution in [3.8, 4) is 5.75 Å². The third-order valence-corrected chi connectivity index (χ3v) is 3.97. The molecule has 27 heavy (non-hydrogen) atoms. The molecule has 5 N–H and O–H groups in total. The fourth-order valence-corrected chi connectivity index (χ4v) is 2.69. The molecule has 2 aromatic carbocycles. The van der Waals surface area contributed by atoms with E-state index in [2.05, 4.69) is 16.0 Å². The molecule has 142 valence electrons. The standard InChI is InChI=1S/C8H9N3O3.C8H9N3O2/c9-5-3-8-6(10-1-2-14-8)4-7(5)11(12)13;12-11(13)6-1-2-7-8(5-6)10-4-3-9-7/h3-4,10H,1-2,9H2;1-2,5,9-10H,3-4H2. The van der Waals surface area contributed by atoms with Crippen LogP contribution in [0.4, 0.5) is 34.1 Å². The Bertz CT molecular complexity index is 888. The highest BCUT2D eigenvalue weighted by Gasteiger charge is 2.18. The number of fused-ring (bicyclic) bond motifs is 2. The molecular formula is C16H18N6O5. The number of nitrogens with zero attached hydrogens (tertiary/aromatic N) is 2. The molecule has 0 spiro atoms. The van der Waals surface area contributed by atoms with Crippen LogP contribution in [0.25, 0.3) is 0 Å². The Labute approximate surface area is 153 Å². The molecule has 0 atom stereocenters. The van der Waals surface area contributed by atoms with Gasteiger partial charge >= 0.3 is 0 Å². The van der Waals surface area contributed by atoms with Crippen LogP contribution in [0.2, 0.25) is 0 Å². The van der Waals surface area contributed by atoms with Crippen molar-refractivity contribution in [3.63, 3.8) is 0 Å². The molecule has 0 amide bonds. The second-order valence-electron chi connectivity index (χ2n) is 5.78. The number of nitro groups is 2. The van der Waals surface area contributed by atoms with E-state index in [1.54, 1.807) is 12.1 Å². The van der Waals surface area contributed by atoms with Crippen LogP contribution in [-0.2, 0) is 0 Å². The molecule has 0 radical (unpaired) electrons. The summed E-state index contributed by atoms with van der Waals surface area (Å²) in [6, 6.07) is 7.63. The minimum Gasteiger partial charge on any atom is -0.489 e. The largest absolute Gasteiger partial charge is 0.489 e. The van der Waals surface area contributed by atoms with Gasteiger partial charge in [0.25, 0.3) is 11.4 Å². The molecule has 0 aliphatic carbocycles. The lowest BCUT2D eigenvalue weighted by Gasteiger charge is -2.18. The number of benzene rings is 2. The van der Waals surface area contributed by atoms with Crippen LogP contribution in [0, 0.1) is 20.2 Å². The Morgan fingerprint density at radius 1 is 0.889 bits per heavy atom. The first-order valence-corrected chi connectivity index (χ1v) is 8.16. The molecule has 0 bridgehead atoms. The van der Waals surface area contributed by atoms with Crippen LogP contribution in [0.3, 0.4) is 0 Å². The maximum atomic E-state index is 10.6. The number of ether oxygens (including phenoxy) is 1. The van der Waals surface area contributed by atoms with Crippen molar-refractivity contribution >= 4 is 34.1 Å². The smallest absolute Gasteiger partial charge is 0.294 e. The van der Waals surface area contributed by atoms with E-state index in [9.17, 15) is 20.2 Å². The van der Waals surface area contributed by atoms with Gasteiger partial charge in [-0.2, -0.15) is 0 Å². The van der Waals surface area contributed by atoms with Crippen LogP contribution in [0.1, 0.15) is 0 Å². The monoisotopic (exact) mass is 374 g/mol. The van der Waals surface area contributed by atoms with Crippen molar-refractivity contribution in [1.82, 2.24) is 0 Å². The first-order valence-electron chi connectivity index (χ1n) is 8.16. The van der Waals surface area contributed by atoms with Crippen LogP contribution < -0.4 is 26.4 Å². The number of nitro benzene ring substituents is 2. The molecule has 4 rings (SSSR count). The SMILES string of the molecule is Nc1cc2c(cc1[N+](=O)[O-])NCCO2.O=[N+]([O-])c1ccc2c(c1)NCCN2. The first-order chi connectivity index (χ1) is 13.0. The van der Waals surface area contributed by atoms with E-state index >= 15 is 0 Å². The van der Waals surface area contributed by atoms with E-state index in [-0.39, 0.29) is 17.1 Å². The minimum atomic E-state index is -0.508. The summed E-state index contributed by atoms with van der Waals surface area (Å²) in [6.07, 6.45) is 0. The van der Waals surface area contributed by atoms with Gasteiger partial charge in [-0.05, 0) is 6.07 Å². The number of nitrogen functional groups attached to an aromatic ring is 1. The average molecular weight is 374 g/mol. The van der Waals surface area contributed by atoms with Crippen LogP contribution in [0.15, 0.2) is 30.3 Å². The molecule has 2 aliphatic rings. The Morgan fingerprint density at radius 3 is 2.30 bits per heavy atom. The second-order valence-corrected chi connectivity index (χ2v) is 5.78.